The molecular weight excluding hydrogens is 262 g/mol. The Bertz CT molecular complexity index is 638. The van der Waals surface area contributed by atoms with Crippen LogP contribution >= 0.6 is 0 Å². The first kappa shape index (κ1) is 13.8. The zero-order chi connectivity index (χ0) is 14.7. The molecular formula is C12H15N5O3. The van der Waals surface area contributed by atoms with Gasteiger partial charge in [-0.05, 0) is 13.8 Å². The van der Waals surface area contributed by atoms with Crippen molar-refractivity contribution < 1.29 is 14.3 Å². The van der Waals surface area contributed by atoms with Crippen molar-refractivity contribution in [1.82, 2.24) is 19.7 Å². The van der Waals surface area contributed by atoms with Crippen LogP contribution in [0.5, 0.6) is 5.88 Å². The number of ether oxygens (including phenoxy) is 2. The van der Waals surface area contributed by atoms with Crippen LogP contribution in [0.3, 0.4) is 0 Å². The second kappa shape index (κ2) is 5.55. The lowest BCUT2D eigenvalue weighted by atomic mass is 10.4. The molecule has 8 heteroatoms. The van der Waals surface area contributed by atoms with Gasteiger partial charge < -0.3 is 15.2 Å². The normalized spacial score (nSPS) is 10.3. The number of anilines is 1. The fourth-order valence-electron chi connectivity index (χ4n) is 1.62. The van der Waals surface area contributed by atoms with Crippen molar-refractivity contribution in [3.05, 3.63) is 23.8 Å². The second-order valence-corrected chi connectivity index (χ2v) is 3.91. The number of aryl methyl sites for hydroxylation is 1. The average Bonchev–Trinajstić information content (AvgIpc) is 2.80. The first-order chi connectivity index (χ1) is 9.55. The Morgan fingerprint density at radius 3 is 2.85 bits per heavy atom. The standard InChI is InChI=1S/C12H15N5O3/c1-4-20-10-5-9(14-7(2)15-10)17-6-8(13)11(16-17)12(18)19-3/h5-6H,4,13H2,1-3H3. The highest BCUT2D eigenvalue weighted by atomic mass is 16.5. The maximum Gasteiger partial charge on any atom is 0.360 e. The van der Waals surface area contributed by atoms with Crippen LogP contribution in [0.2, 0.25) is 0 Å². The van der Waals surface area contributed by atoms with Crippen LogP contribution in [0, 0.1) is 6.92 Å². The van der Waals surface area contributed by atoms with E-state index >= 15 is 0 Å². The van der Waals surface area contributed by atoms with Gasteiger partial charge in [0.15, 0.2) is 11.5 Å². The Hall–Kier alpha value is -2.64. The van der Waals surface area contributed by atoms with E-state index in [1.165, 1.54) is 18.0 Å². The van der Waals surface area contributed by atoms with Crippen LogP contribution in [0.15, 0.2) is 12.3 Å². The van der Waals surface area contributed by atoms with Gasteiger partial charge in [0, 0.05) is 6.07 Å². The van der Waals surface area contributed by atoms with Gasteiger partial charge in [-0.25, -0.2) is 14.5 Å². The van der Waals surface area contributed by atoms with Gasteiger partial charge in [0.1, 0.15) is 5.82 Å². The minimum Gasteiger partial charge on any atom is -0.478 e. The molecule has 0 aliphatic heterocycles. The molecule has 0 aromatic carbocycles. The number of nitrogens with two attached hydrogens (primary N) is 1. The molecule has 0 fully saturated rings. The van der Waals surface area contributed by atoms with E-state index in [1.807, 2.05) is 6.92 Å². The molecule has 2 heterocycles. The Morgan fingerprint density at radius 2 is 2.20 bits per heavy atom. The molecule has 0 radical (unpaired) electrons. The molecule has 0 amide bonds. The number of aromatic nitrogens is 4. The van der Waals surface area contributed by atoms with E-state index in [-0.39, 0.29) is 11.4 Å². The Balaban J connectivity index is 2.43. The van der Waals surface area contributed by atoms with Crippen molar-refractivity contribution in [1.29, 1.82) is 0 Å². The van der Waals surface area contributed by atoms with Crippen LogP contribution in [-0.4, -0.2) is 39.4 Å². The van der Waals surface area contributed by atoms with Crippen molar-refractivity contribution >= 4 is 11.7 Å². The Kier molecular flexibility index (Phi) is 3.83. The molecule has 0 saturated heterocycles. The predicted octanol–water partition coefficient (Wildman–Crippen LogP) is 0.738. The van der Waals surface area contributed by atoms with Crippen molar-refractivity contribution in [2.45, 2.75) is 13.8 Å². The van der Waals surface area contributed by atoms with E-state index in [4.69, 9.17) is 10.5 Å². The summed E-state index contributed by atoms with van der Waals surface area (Å²) in [6.45, 7) is 4.09. The summed E-state index contributed by atoms with van der Waals surface area (Å²) >= 11 is 0. The van der Waals surface area contributed by atoms with Gasteiger partial charge >= 0.3 is 5.97 Å². The van der Waals surface area contributed by atoms with Crippen LogP contribution in [0.1, 0.15) is 23.2 Å². The van der Waals surface area contributed by atoms with Gasteiger partial charge in [-0.2, -0.15) is 10.1 Å². The topological polar surface area (TPSA) is 105 Å². The molecule has 0 atom stereocenters. The molecule has 2 rings (SSSR count). The van der Waals surface area contributed by atoms with Crippen LogP contribution in [0.4, 0.5) is 5.69 Å². The van der Waals surface area contributed by atoms with E-state index in [1.54, 1.807) is 13.0 Å². The molecule has 106 valence electrons. The van der Waals surface area contributed by atoms with Gasteiger partial charge in [-0.3, -0.25) is 0 Å². The largest absolute Gasteiger partial charge is 0.478 e. The minimum atomic E-state index is -0.600. The highest BCUT2D eigenvalue weighted by molar-refractivity contribution is 5.92. The summed E-state index contributed by atoms with van der Waals surface area (Å²) in [5, 5.41) is 4.06. The first-order valence-corrected chi connectivity index (χ1v) is 5.97. The van der Waals surface area contributed by atoms with Crippen LogP contribution in [0.25, 0.3) is 5.82 Å². The smallest absolute Gasteiger partial charge is 0.360 e. The zero-order valence-corrected chi connectivity index (χ0v) is 11.5. The monoisotopic (exact) mass is 277 g/mol. The summed E-state index contributed by atoms with van der Waals surface area (Å²) in [4.78, 5) is 19.8. The second-order valence-electron chi connectivity index (χ2n) is 3.91. The minimum absolute atomic E-state index is 0.0433. The zero-order valence-electron chi connectivity index (χ0n) is 11.5. The van der Waals surface area contributed by atoms with Crippen molar-refractivity contribution in [3.8, 4) is 11.7 Å². The predicted molar refractivity (Wildman–Crippen MR) is 70.8 cm³/mol. The molecule has 2 aromatic rings. The van der Waals surface area contributed by atoms with Gasteiger partial charge in [0.2, 0.25) is 5.88 Å². The lowest BCUT2D eigenvalue weighted by Gasteiger charge is -2.06. The number of hydrogen-bond acceptors (Lipinski definition) is 7. The van der Waals surface area contributed by atoms with E-state index in [0.717, 1.165) is 0 Å². The number of rotatable bonds is 4. The molecule has 0 bridgehead atoms. The SMILES string of the molecule is CCOc1cc(-n2cc(N)c(C(=O)OC)n2)nc(C)n1. The van der Waals surface area contributed by atoms with Gasteiger partial charge in [0.05, 0.1) is 25.6 Å². The maximum atomic E-state index is 11.5. The first-order valence-electron chi connectivity index (χ1n) is 5.97. The summed E-state index contributed by atoms with van der Waals surface area (Å²) in [6.07, 6.45) is 1.49. The number of carbonyl (C=O) groups excluding carboxylic acids is 1. The summed E-state index contributed by atoms with van der Waals surface area (Å²) in [7, 11) is 1.27. The van der Waals surface area contributed by atoms with Gasteiger partial charge in [0.25, 0.3) is 0 Å². The number of nitrogens with zero attached hydrogens (tertiary/aromatic N) is 4. The maximum absolute atomic E-state index is 11.5. The Morgan fingerprint density at radius 1 is 1.45 bits per heavy atom. The lowest BCUT2D eigenvalue weighted by Crippen LogP contribution is -2.07. The summed E-state index contributed by atoms with van der Waals surface area (Å²) in [6, 6.07) is 1.62. The van der Waals surface area contributed by atoms with Crippen molar-refractivity contribution in [3.63, 3.8) is 0 Å². The summed E-state index contributed by atoms with van der Waals surface area (Å²) in [5.74, 6) is 0.822. The van der Waals surface area contributed by atoms with E-state index in [0.29, 0.717) is 24.1 Å². The molecule has 0 aliphatic carbocycles. The number of carbonyl (C=O) groups is 1. The molecule has 8 nitrogen and oxygen atoms in total. The fraction of sp³-hybridized carbons (Fsp3) is 0.333. The summed E-state index contributed by atoms with van der Waals surface area (Å²) in [5.41, 5.74) is 5.99. The number of esters is 1. The summed E-state index contributed by atoms with van der Waals surface area (Å²) < 4.78 is 11.3. The molecule has 0 saturated carbocycles. The number of hydrogen-bond donors (Lipinski definition) is 1. The molecule has 0 spiro atoms. The molecule has 0 unspecified atom stereocenters. The van der Waals surface area contributed by atoms with Crippen LogP contribution in [-0.2, 0) is 4.74 Å². The third-order valence-electron chi connectivity index (χ3n) is 2.45. The third-order valence-corrected chi connectivity index (χ3v) is 2.45. The van der Waals surface area contributed by atoms with E-state index in [9.17, 15) is 4.79 Å². The Labute approximate surface area is 115 Å². The molecule has 2 N–H and O–H groups in total. The number of nitrogen functional groups attached to an aromatic ring is 1. The number of methoxy groups -OCH3 is 1. The highest BCUT2D eigenvalue weighted by Crippen LogP contribution is 2.17. The lowest BCUT2D eigenvalue weighted by molar-refractivity contribution is 0.0594. The highest BCUT2D eigenvalue weighted by Gasteiger charge is 2.17. The molecule has 20 heavy (non-hydrogen) atoms. The van der Waals surface area contributed by atoms with Gasteiger partial charge in [-0.1, -0.05) is 0 Å². The van der Waals surface area contributed by atoms with Crippen LogP contribution < -0.4 is 10.5 Å². The third kappa shape index (κ3) is 2.68. The van der Waals surface area contributed by atoms with Crippen molar-refractivity contribution in [2.75, 3.05) is 19.5 Å². The van der Waals surface area contributed by atoms with E-state index in [2.05, 4.69) is 19.8 Å². The van der Waals surface area contributed by atoms with Gasteiger partial charge in [-0.15, -0.1) is 0 Å². The molecule has 0 aliphatic rings. The fourth-order valence-corrected chi connectivity index (χ4v) is 1.62. The average molecular weight is 277 g/mol. The van der Waals surface area contributed by atoms with Crippen molar-refractivity contribution in [2.24, 2.45) is 0 Å². The quantitative estimate of drug-likeness (QED) is 0.821. The molecule has 2 aromatic heterocycles. The van der Waals surface area contributed by atoms with E-state index < -0.39 is 5.97 Å².